The van der Waals surface area contributed by atoms with Gasteiger partial charge in [-0.3, -0.25) is 4.79 Å². The molecular formula is C15H11BrClNO3. The fourth-order valence-electron chi connectivity index (χ4n) is 2.01. The van der Waals surface area contributed by atoms with E-state index >= 15 is 0 Å². The minimum atomic E-state index is -0.248. The Morgan fingerprint density at radius 2 is 1.95 bits per heavy atom. The SMILES string of the molecule is Cc1ccc(C(=O)Nc2cc3c(cc2Cl)OCO3)c(Br)c1. The number of ether oxygens (including phenoxy) is 2. The molecule has 1 aliphatic heterocycles. The van der Waals surface area contributed by atoms with E-state index in [9.17, 15) is 4.79 Å². The van der Waals surface area contributed by atoms with Crippen molar-refractivity contribution < 1.29 is 14.3 Å². The molecule has 0 aliphatic carbocycles. The first kappa shape index (κ1) is 14.2. The Bertz CT molecular complexity index is 733. The van der Waals surface area contributed by atoms with Gasteiger partial charge in [0.25, 0.3) is 5.91 Å². The lowest BCUT2D eigenvalue weighted by atomic mass is 10.1. The summed E-state index contributed by atoms with van der Waals surface area (Å²) >= 11 is 9.53. The fourth-order valence-corrected chi connectivity index (χ4v) is 2.88. The van der Waals surface area contributed by atoms with Gasteiger partial charge in [0.1, 0.15) is 0 Å². The Kier molecular flexibility index (Phi) is 3.78. The van der Waals surface area contributed by atoms with Crippen LogP contribution in [0.1, 0.15) is 15.9 Å². The fraction of sp³-hybridized carbons (Fsp3) is 0.133. The first-order chi connectivity index (χ1) is 10.0. The Labute approximate surface area is 135 Å². The molecule has 0 bridgehead atoms. The van der Waals surface area contributed by atoms with Gasteiger partial charge in [-0.15, -0.1) is 0 Å². The van der Waals surface area contributed by atoms with Crippen molar-refractivity contribution in [2.45, 2.75) is 6.92 Å². The first-order valence-electron chi connectivity index (χ1n) is 6.21. The third-order valence-electron chi connectivity index (χ3n) is 3.08. The van der Waals surface area contributed by atoms with Crippen molar-refractivity contribution in [3.63, 3.8) is 0 Å². The lowest BCUT2D eigenvalue weighted by Crippen LogP contribution is -2.13. The van der Waals surface area contributed by atoms with Crippen molar-refractivity contribution >= 4 is 39.1 Å². The van der Waals surface area contributed by atoms with Crippen molar-refractivity contribution in [2.75, 3.05) is 12.1 Å². The molecule has 6 heteroatoms. The molecule has 1 aliphatic rings. The predicted molar refractivity (Wildman–Crippen MR) is 84.4 cm³/mol. The van der Waals surface area contributed by atoms with Crippen LogP contribution in [0.5, 0.6) is 11.5 Å². The predicted octanol–water partition coefficient (Wildman–Crippen LogP) is 4.39. The number of anilines is 1. The molecule has 1 N–H and O–H groups in total. The highest BCUT2D eigenvalue weighted by Gasteiger charge is 2.18. The van der Waals surface area contributed by atoms with Gasteiger partial charge in [-0.05, 0) is 40.5 Å². The number of fused-ring (bicyclic) bond motifs is 1. The van der Waals surface area contributed by atoms with Crippen LogP contribution in [0.25, 0.3) is 0 Å². The van der Waals surface area contributed by atoms with Gasteiger partial charge in [0.15, 0.2) is 11.5 Å². The molecule has 0 saturated carbocycles. The topological polar surface area (TPSA) is 47.6 Å². The number of carbonyl (C=O) groups excluding carboxylic acids is 1. The average Bonchev–Trinajstić information content (AvgIpc) is 2.86. The Morgan fingerprint density at radius 1 is 1.24 bits per heavy atom. The molecule has 0 spiro atoms. The molecule has 4 nitrogen and oxygen atoms in total. The molecule has 0 fully saturated rings. The molecule has 0 radical (unpaired) electrons. The van der Waals surface area contributed by atoms with Gasteiger partial charge in [0, 0.05) is 16.6 Å². The van der Waals surface area contributed by atoms with Gasteiger partial charge < -0.3 is 14.8 Å². The van der Waals surface area contributed by atoms with Gasteiger partial charge in [-0.2, -0.15) is 0 Å². The number of aryl methyl sites for hydroxylation is 1. The van der Waals surface area contributed by atoms with E-state index in [1.165, 1.54) is 0 Å². The van der Waals surface area contributed by atoms with Crippen LogP contribution in [0.2, 0.25) is 5.02 Å². The van der Waals surface area contributed by atoms with E-state index in [0.717, 1.165) is 10.0 Å². The summed E-state index contributed by atoms with van der Waals surface area (Å²) in [6.45, 7) is 2.12. The molecule has 2 aromatic carbocycles. The van der Waals surface area contributed by atoms with E-state index in [-0.39, 0.29) is 12.7 Å². The number of hydrogen-bond donors (Lipinski definition) is 1. The van der Waals surface area contributed by atoms with Crippen molar-refractivity contribution in [1.29, 1.82) is 0 Å². The van der Waals surface area contributed by atoms with Crippen LogP contribution in [0, 0.1) is 6.92 Å². The second-order valence-corrected chi connectivity index (χ2v) is 5.88. The van der Waals surface area contributed by atoms with E-state index in [2.05, 4.69) is 21.2 Å². The largest absolute Gasteiger partial charge is 0.454 e. The van der Waals surface area contributed by atoms with Crippen molar-refractivity contribution in [2.24, 2.45) is 0 Å². The van der Waals surface area contributed by atoms with E-state index in [4.69, 9.17) is 21.1 Å². The molecule has 2 aromatic rings. The normalized spacial score (nSPS) is 12.3. The molecule has 0 atom stereocenters. The highest BCUT2D eigenvalue weighted by Crippen LogP contribution is 2.39. The zero-order valence-corrected chi connectivity index (χ0v) is 13.4. The summed E-state index contributed by atoms with van der Waals surface area (Å²) in [5.41, 5.74) is 2.09. The van der Waals surface area contributed by atoms with E-state index in [0.29, 0.717) is 27.8 Å². The molecule has 0 unspecified atom stereocenters. The first-order valence-corrected chi connectivity index (χ1v) is 7.38. The maximum Gasteiger partial charge on any atom is 0.256 e. The number of benzene rings is 2. The molecule has 0 saturated heterocycles. The van der Waals surface area contributed by atoms with Crippen LogP contribution < -0.4 is 14.8 Å². The second kappa shape index (κ2) is 5.58. The molecule has 108 valence electrons. The van der Waals surface area contributed by atoms with E-state index in [1.54, 1.807) is 18.2 Å². The zero-order chi connectivity index (χ0) is 15.0. The number of rotatable bonds is 2. The van der Waals surface area contributed by atoms with Crippen LogP contribution in [0.3, 0.4) is 0 Å². The molecule has 0 aromatic heterocycles. The Hall–Kier alpha value is -1.72. The number of hydrogen-bond acceptors (Lipinski definition) is 3. The molecule has 21 heavy (non-hydrogen) atoms. The minimum Gasteiger partial charge on any atom is -0.454 e. The van der Waals surface area contributed by atoms with Crippen molar-refractivity contribution in [1.82, 2.24) is 0 Å². The average molecular weight is 369 g/mol. The summed E-state index contributed by atoms with van der Waals surface area (Å²) in [4.78, 5) is 12.3. The maximum atomic E-state index is 12.3. The van der Waals surface area contributed by atoms with Gasteiger partial charge in [-0.1, -0.05) is 17.7 Å². The minimum absolute atomic E-state index is 0.159. The van der Waals surface area contributed by atoms with Gasteiger partial charge in [-0.25, -0.2) is 0 Å². The highest BCUT2D eigenvalue weighted by molar-refractivity contribution is 9.10. The van der Waals surface area contributed by atoms with E-state index < -0.39 is 0 Å². The summed E-state index contributed by atoms with van der Waals surface area (Å²) in [6, 6.07) is 8.81. The second-order valence-electron chi connectivity index (χ2n) is 4.62. The number of amides is 1. The van der Waals surface area contributed by atoms with Gasteiger partial charge in [0.2, 0.25) is 6.79 Å². The maximum absolute atomic E-state index is 12.3. The Balaban J connectivity index is 1.88. The molecule has 1 amide bonds. The summed E-state index contributed by atoms with van der Waals surface area (Å²) in [5.74, 6) is 0.898. The number of carbonyl (C=O) groups is 1. The van der Waals surface area contributed by atoms with Gasteiger partial charge in [0.05, 0.1) is 16.3 Å². The smallest absolute Gasteiger partial charge is 0.256 e. The Morgan fingerprint density at radius 3 is 2.67 bits per heavy atom. The molecule has 3 rings (SSSR count). The summed E-state index contributed by atoms with van der Waals surface area (Å²) in [5, 5.41) is 3.18. The van der Waals surface area contributed by atoms with Crippen molar-refractivity contribution in [3.8, 4) is 11.5 Å². The van der Waals surface area contributed by atoms with Crippen LogP contribution in [-0.4, -0.2) is 12.7 Å². The van der Waals surface area contributed by atoms with Crippen molar-refractivity contribution in [3.05, 3.63) is 51.0 Å². The third-order valence-corrected chi connectivity index (χ3v) is 4.05. The van der Waals surface area contributed by atoms with Crippen LogP contribution in [0.15, 0.2) is 34.8 Å². The summed E-state index contributed by atoms with van der Waals surface area (Å²) in [6.07, 6.45) is 0. The lowest BCUT2D eigenvalue weighted by Gasteiger charge is -2.10. The highest BCUT2D eigenvalue weighted by atomic mass is 79.9. The zero-order valence-electron chi connectivity index (χ0n) is 11.1. The van der Waals surface area contributed by atoms with Crippen LogP contribution in [-0.2, 0) is 0 Å². The summed E-state index contributed by atoms with van der Waals surface area (Å²) in [7, 11) is 0. The molecular weight excluding hydrogens is 358 g/mol. The quantitative estimate of drug-likeness (QED) is 0.855. The molecule has 1 heterocycles. The summed E-state index contributed by atoms with van der Waals surface area (Å²) < 4.78 is 11.2. The van der Waals surface area contributed by atoms with Gasteiger partial charge >= 0.3 is 0 Å². The van der Waals surface area contributed by atoms with E-state index in [1.807, 2.05) is 19.1 Å². The monoisotopic (exact) mass is 367 g/mol. The number of nitrogens with one attached hydrogen (secondary N) is 1. The number of halogens is 2. The lowest BCUT2D eigenvalue weighted by molar-refractivity contribution is 0.102. The third kappa shape index (κ3) is 2.84. The van der Waals surface area contributed by atoms with Crippen LogP contribution in [0.4, 0.5) is 5.69 Å². The van der Waals surface area contributed by atoms with Crippen LogP contribution >= 0.6 is 27.5 Å². The standard InChI is InChI=1S/C15H11BrClNO3/c1-8-2-3-9(10(16)4-8)15(19)18-12-6-14-13(5-11(12)17)20-7-21-14/h2-6H,7H2,1H3,(H,18,19).